The number of carboxylic acid groups (broad SMARTS) is 1. The number of benzene rings is 1. The molecule has 2 heterocycles. The van der Waals surface area contributed by atoms with E-state index in [1.165, 1.54) is 24.5 Å². The average Bonchev–Trinajstić information content (AvgIpc) is 3.12. The average molecular weight is 398 g/mol. The van der Waals surface area contributed by atoms with Crippen molar-refractivity contribution < 1.29 is 18.3 Å². The quantitative estimate of drug-likeness (QED) is 0.522. The monoisotopic (exact) mass is 397 g/mol. The SMILES string of the molecule is NC(=NCl)Nc1cncc2cc(S(=O)(=O)N3CCC[C@H]3C(=O)O)ccc12. The van der Waals surface area contributed by atoms with E-state index in [0.29, 0.717) is 29.3 Å². The number of sulfonamides is 1. The summed E-state index contributed by atoms with van der Waals surface area (Å²) in [4.78, 5) is 15.4. The number of aromatic nitrogens is 1. The van der Waals surface area contributed by atoms with Gasteiger partial charge in [-0.15, -0.1) is 4.51 Å². The van der Waals surface area contributed by atoms with E-state index in [0.717, 1.165) is 4.31 Å². The highest BCUT2D eigenvalue weighted by molar-refractivity contribution is 7.89. The van der Waals surface area contributed by atoms with Crippen LogP contribution in [0.2, 0.25) is 0 Å². The van der Waals surface area contributed by atoms with Crippen LogP contribution < -0.4 is 11.1 Å². The number of fused-ring (bicyclic) bond motifs is 1. The summed E-state index contributed by atoms with van der Waals surface area (Å²) in [6.45, 7) is 0.180. The second-order valence-electron chi connectivity index (χ2n) is 5.78. The maximum absolute atomic E-state index is 12.9. The molecule has 0 bridgehead atoms. The molecule has 138 valence electrons. The minimum Gasteiger partial charge on any atom is -0.480 e. The van der Waals surface area contributed by atoms with Gasteiger partial charge >= 0.3 is 5.97 Å². The number of nitrogens with one attached hydrogen (secondary N) is 1. The second-order valence-corrected chi connectivity index (χ2v) is 7.84. The molecule has 1 fully saturated rings. The number of hydrogen-bond donors (Lipinski definition) is 3. The number of nitrogens with zero attached hydrogens (tertiary/aromatic N) is 3. The summed E-state index contributed by atoms with van der Waals surface area (Å²) in [6.07, 6.45) is 3.82. The molecular formula is C15H16ClN5O4S. The van der Waals surface area contributed by atoms with Crippen molar-refractivity contribution in [3.05, 3.63) is 30.6 Å². The molecule has 1 aliphatic rings. The van der Waals surface area contributed by atoms with Crippen LogP contribution >= 0.6 is 11.8 Å². The topological polar surface area (TPSA) is 138 Å². The minimum absolute atomic E-state index is 0.0103. The first-order valence-electron chi connectivity index (χ1n) is 7.68. The van der Waals surface area contributed by atoms with Gasteiger partial charge in [-0.2, -0.15) is 4.31 Å². The Morgan fingerprint density at radius 3 is 2.88 bits per heavy atom. The Balaban J connectivity index is 2.03. The summed E-state index contributed by atoms with van der Waals surface area (Å²) < 4.78 is 30.1. The fraction of sp³-hybridized carbons (Fsp3) is 0.267. The molecule has 3 rings (SSSR count). The van der Waals surface area contributed by atoms with Gasteiger partial charge in [0.2, 0.25) is 16.0 Å². The highest BCUT2D eigenvalue weighted by Crippen LogP contribution is 2.30. The van der Waals surface area contributed by atoms with E-state index in [9.17, 15) is 18.3 Å². The molecule has 1 aromatic carbocycles. The Hall–Kier alpha value is -2.43. The summed E-state index contributed by atoms with van der Waals surface area (Å²) in [7, 11) is -3.93. The molecule has 9 nitrogen and oxygen atoms in total. The van der Waals surface area contributed by atoms with Crippen molar-refractivity contribution in [1.82, 2.24) is 9.29 Å². The molecule has 0 amide bonds. The lowest BCUT2D eigenvalue weighted by atomic mass is 10.1. The third kappa shape index (κ3) is 3.30. The molecule has 0 spiro atoms. The van der Waals surface area contributed by atoms with E-state index in [-0.39, 0.29) is 17.4 Å². The zero-order valence-electron chi connectivity index (χ0n) is 13.5. The number of carbonyl (C=O) groups is 1. The van der Waals surface area contributed by atoms with Crippen LogP contribution in [0.3, 0.4) is 0 Å². The van der Waals surface area contributed by atoms with Gasteiger partial charge in [-0.05, 0) is 25.0 Å². The van der Waals surface area contributed by atoms with E-state index in [4.69, 9.17) is 17.5 Å². The van der Waals surface area contributed by atoms with Gasteiger partial charge in [0.25, 0.3) is 0 Å². The summed E-state index contributed by atoms with van der Waals surface area (Å²) in [5.41, 5.74) is 6.05. The largest absolute Gasteiger partial charge is 0.480 e. The van der Waals surface area contributed by atoms with Crippen molar-refractivity contribution in [3.8, 4) is 0 Å². The van der Waals surface area contributed by atoms with Gasteiger partial charge in [0.05, 0.1) is 16.8 Å². The molecule has 0 saturated carbocycles. The minimum atomic E-state index is -3.93. The lowest BCUT2D eigenvalue weighted by Gasteiger charge is -2.21. The number of rotatable bonds is 4. The second kappa shape index (κ2) is 7.06. The molecular weight excluding hydrogens is 382 g/mol. The van der Waals surface area contributed by atoms with Crippen molar-refractivity contribution in [2.24, 2.45) is 10.2 Å². The number of guanidine groups is 1. The van der Waals surface area contributed by atoms with E-state index in [2.05, 4.69) is 14.8 Å². The van der Waals surface area contributed by atoms with Crippen molar-refractivity contribution in [1.29, 1.82) is 0 Å². The third-order valence-electron chi connectivity index (χ3n) is 4.18. The Labute approximate surface area is 154 Å². The fourth-order valence-electron chi connectivity index (χ4n) is 2.98. The van der Waals surface area contributed by atoms with Crippen molar-refractivity contribution in [3.63, 3.8) is 0 Å². The first-order chi connectivity index (χ1) is 12.3. The van der Waals surface area contributed by atoms with Crippen LogP contribution in [0.5, 0.6) is 0 Å². The first kappa shape index (κ1) is 18.4. The molecule has 1 aliphatic heterocycles. The molecule has 1 atom stereocenters. The summed E-state index contributed by atoms with van der Waals surface area (Å²) in [6, 6.07) is 3.43. The maximum Gasteiger partial charge on any atom is 0.322 e. The van der Waals surface area contributed by atoms with Gasteiger partial charge in [0.15, 0.2) is 0 Å². The zero-order chi connectivity index (χ0) is 18.9. The Kier molecular flexibility index (Phi) is 4.99. The Morgan fingerprint density at radius 2 is 2.19 bits per heavy atom. The van der Waals surface area contributed by atoms with E-state index >= 15 is 0 Å². The molecule has 0 radical (unpaired) electrons. The summed E-state index contributed by atoms with van der Waals surface area (Å²) in [5.74, 6) is -1.17. The zero-order valence-corrected chi connectivity index (χ0v) is 15.0. The lowest BCUT2D eigenvalue weighted by Crippen LogP contribution is -2.40. The molecule has 0 aliphatic carbocycles. The molecule has 11 heteroatoms. The van der Waals surface area contributed by atoms with E-state index < -0.39 is 22.0 Å². The predicted molar refractivity (Wildman–Crippen MR) is 97.4 cm³/mol. The molecule has 4 N–H and O–H groups in total. The molecule has 2 aromatic rings. The van der Waals surface area contributed by atoms with Crippen molar-refractivity contribution >= 4 is 50.2 Å². The van der Waals surface area contributed by atoms with Gasteiger partial charge in [-0.25, -0.2) is 8.42 Å². The third-order valence-corrected chi connectivity index (χ3v) is 6.27. The van der Waals surface area contributed by atoms with Crippen LogP contribution in [0.1, 0.15) is 12.8 Å². The first-order valence-corrected chi connectivity index (χ1v) is 9.46. The van der Waals surface area contributed by atoms with Gasteiger partial charge in [0, 0.05) is 35.3 Å². The van der Waals surface area contributed by atoms with Gasteiger partial charge in [-0.3, -0.25) is 9.78 Å². The number of aliphatic carboxylic acids is 1. The number of hydrogen-bond acceptors (Lipinski definition) is 5. The van der Waals surface area contributed by atoms with Crippen molar-refractivity contribution in [2.45, 2.75) is 23.8 Å². The smallest absolute Gasteiger partial charge is 0.322 e. The van der Waals surface area contributed by atoms with E-state index in [1.54, 1.807) is 6.07 Å². The number of pyridine rings is 1. The number of carboxylic acids is 1. The van der Waals surface area contributed by atoms with Crippen LogP contribution in [-0.2, 0) is 14.8 Å². The standard InChI is InChI=1S/C15H16ClN5O4S/c16-20-15(17)19-12-8-18-7-9-6-10(3-4-11(9)12)26(24,25)21-5-1-2-13(21)14(22)23/h3-4,6-8,13H,1-2,5H2,(H,22,23)(H3,17,19,20)/t13-/m0/s1. The van der Waals surface area contributed by atoms with Gasteiger partial charge < -0.3 is 16.2 Å². The summed E-state index contributed by atoms with van der Waals surface area (Å²) in [5, 5.41) is 13.2. The summed E-state index contributed by atoms with van der Waals surface area (Å²) >= 11 is 5.30. The highest BCUT2D eigenvalue weighted by Gasteiger charge is 2.39. The maximum atomic E-state index is 12.9. The van der Waals surface area contributed by atoms with Crippen LogP contribution in [0.4, 0.5) is 5.69 Å². The van der Waals surface area contributed by atoms with Crippen LogP contribution in [0, 0.1) is 0 Å². The highest BCUT2D eigenvalue weighted by atomic mass is 35.5. The number of nitrogens with two attached hydrogens (primary N) is 1. The number of halogens is 1. The van der Waals surface area contributed by atoms with Gasteiger partial charge in [-0.1, -0.05) is 6.07 Å². The molecule has 1 saturated heterocycles. The lowest BCUT2D eigenvalue weighted by molar-refractivity contribution is -0.140. The van der Waals surface area contributed by atoms with E-state index in [1.807, 2.05) is 0 Å². The number of anilines is 1. The molecule has 0 unspecified atom stereocenters. The van der Waals surface area contributed by atoms with Crippen LogP contribution in [-0.4, -0.2) is 47.3 Å². The van der Waals surface area contributed by atoms with Crippen molar-refractivity contribution in [2.75, 3.05) is 11.9 Å². The fourth-order valence-corrected chi connectivity index (χ4v) is 4.71. The Morgan fingerprint density at radius 1 is 1.42 bits per heavy atom. The normalized spacial score (nSPS) is 19.0. The predicted octanol–water partition coefficient (Wildman–Crippen LogP) is 1.35. The molecule has 1 aromatic heterocycles. The molecule has 26 heavy (non-hydrogen) atoms. The van der Waals surface area contributed by atoms with Crippen LogP contribution in [0.15, 0.2) is 40.0 Å². The Bertz CT molecular complexity index is 995. The van der Waals surface area contributed by atoms with Crippen LogP contribution in [0.25, 0.3) is 10.8 Å². The van der Waals surface area contributed by atoms with Gasteiger partial charge in [0.1, 0.15) is 6.04 Å².